The molecule has 2 aliphatic rings. The highest BCUT2D eigenvalue weighted by Crippen LogP contribution is 2.24. The molecule has 1 amide bonds. The van der Waals surface area contributed by atoms with Crippen molar-refractivity contribution in [2.24, 2.45) is 5.92 Å². The first-order valence-electron chi connectivity index (χ1n) is 9.00. The zero-order valence-electron chi connectivity index (χ0n) is 14.7. The Bertz CT molecular complexity index is 693. The van der Waals surface area contributed by atoms with E-state index in [4.69, 9.17) is 0 Å². The third-order valence-electron chi connectivity index (χ3n) is 5.10. The molecular weight excluding hydrogens is 338 g/mol. The van der Waals surface area contributed by atoms with Crippen LogP contribution in [0.15, 0.2) is 30.3 Å². The summed E-state index contributed by atoms with van der Waals surface area (Å²) in [6.45, 7) is 5.16. The highest BCUT2D eigenvalue weighted by molar-refractivity contribution is 7.88. The fourth-order valence-corrected chi connectivity index (χ4v) is 5.29. The highest BCUT2D eigenvalue weighted by Gasteiger charge is 2.35. The van der Waals surface area contributed by atoms with Gasteiger partial charge in [-0.2, -0.15) is 0 Å². The lowest BCUT2D eigenvalue weighted by Crippen LogP contribution is -2.56. The van der Waals surface area contributed by atoms with Crippen LogP contribution in [0, 0.1) is 5.92 Å². The summed E-state index contributed by atoms with van der Waals surface area (Å²) >= 11 is 0. The molecule has 1 aromatic carbocycles. The molecule has 2 saturated heterocycles. The average molecular weight is 365 g/mol. The van der Waals surface area contributed by atoms with Crippen LogP contribution in [0.4, 0.5) is 0 Å². The van der Waals surface area contributed by atoms with Crippen molar-refractivity contribution in [1.82, 2.24) is 14.5 Å². The standard InChI is InChI=1S/C18H27N3O3S/c1-15-12-19-9-11-21(15)18(22)17-8-5-10-20(13-17)25(23,24)14-16-6-3-2-4-7-16/h2-4,6-7,15,17,19H,5,8-14H2,1H3. The fourth-order valence-electron chi connectivity index (χ4n) is 3.68. The summed E-state index contributed by atoms with van der Waals surface area (Å²) in [6, 6.07) is 9.38. The SMILES string of the molecule is CC1CNCCN1C(=O)C1CCCN(S(=O)(=O)Cc2ccccc2)C1. The van der Waals surface area contributed by atoms with Crippen LogP contribution in [0.5, 0.6) is 0 Å². The number of piperidine rings is 1. The molecule has 0 bridgehead atoms. The van der Waals surface area contributed by atoms with Gasteiger partial charge in [-0.1, -0.05) is 30.3 Å². The second-order valence-corrected chi connectivity index (χ2v) is 8.99. The number of nitrogens with zero attached hydrogens (tertiary/aromatic N) is 2. The molecule has 2 heterocycles. The molecule has 0 spiro atoms. The minimum absolute atomic E-state index is 0.00120. The first kappa shape index (κ1) is 18.4. The second-order valence-electron chi connectivity index (χ2n) is 7.02. The molecule has 0 radical (unpaired) electrons. The van der Waals surface area contributed by atoms with Gasteiger partial charge in [0, 0.05) is 38.8 Å². The molecule has 2 atom stereocenters. The molecule has 138 valence electrons. The molecule has 2 unspecified atom stereocenters. The minimum atomic E-state index is -3.40. The van der Waals surface area contributed by atoms with Crippen LogP contribution in [0.25, 0.3) is 0 Å². The van der Waals surface area contributed by atoms with Crippen LogP contribution >= 0.6 is 0 Å². The summed E-state index contributed by atoms with van der Waals surface area (Å²) in [5.74, 6) is -0.118. The number of carbonyl (C=O) groups excluding carboxylic acids is 1. The molecule has 1 aromatic rings. The number of nitrogens with one attached hydrogen (secondary N) is 1. The van der Waals surface area contributed by atoms with E-state index in [-0.39, 0.29) is 23.6 Å². The van der Waals surface area contributed by atoms with E-state index in [0.29, 0.717) is 19.6 Å². The number of hydrogen-bond acceptors (Lipinski definition) is 4. The molecule has 2 aliphatic heterocycles. The monoisotopic (exact) mass is 365 g/mol. The van der Waals surface area contributed by atoms with Crippen LogP contribution in [-0.2, 0) is 20.6 Å². The van der Waals surface area contributed by atoms with E-state index in [0.717, 1.165) is 31.5 Å². The maximum atomic E-state index is 12.9. The molecule has 0 saturated carbocycles. The van der Waals surface area contributed by atoms with Gasteiger partial charge in [0.2, 0.25) is 15.9 Å². The second kappa shape index (κ2) is 7.85. The molecule has 1 N–H and O–H groups in total. The first-order valence-corrected chi connectivity index (χ1v) is 10.6. The van der Waals surface area contributed by atoms with Crippen molar-refractivity contribution in [3.8, 4) is 0 Å². The molecule has 6 nitrogen and oxygen atoms in total. The third-order valence-corrected chi connectivity index (χ3v) is 6.92. The number of carbonyl (C=O) groups is 1. The smallest absolute Gasteiger partial charge is 0.227 e. The Labute approximate surface area is 150 Å². The van der Waals surface area contributed by atoms with E-state index in [1.54, 1.807) is 0 Å². The van der Waals surface area contributed by atoms with Gasteiger partial charge in [0.05, 0.1) is 11.7 Å². The zero-order valence-corrected chi connectivity index (χ0v) is 15.5. The Morgan fingerprint density at radius 2 is 2.00 bits per heavy atom. The number of benzene rings is 1. The predicted molar refractivity (Wildman–Crippen MR) is 97.4 cm³/mol. The Kier molecular flexibility index (Phi) is 5.76. The van der Waals surface area contributed by atoms with Crippen molar-refractivity contribution >= 4 is 15.9 Å². The summed E-state index contributed by atoms with van der Waals surface area (Å²) in [6.07, 6.45) is 1.51. The Morgan fingerprint density at radius 3 is 2.72 bits per heavy atom. The Morgan fingerprint density at radius 1 is 1.24 bits per heavy atom. The van der Waals surface area contributed by atoms with Gasteiger partial charge in [-0.3, -0.25) is 4.79 Å². The topological polar surface area (TPSA) is 69.7 Å². The normalized spacial score (nSPS) is 25.7. The average Bonchev–Trinajstić information content (AvgIpc) is 2.62. The fraction of sp³-hybridized carbons (Fsp3) is 0.611. The number of amides is 1. The Hall–Kier alpha value is -1.44. The van der Waals surface area contributed by atoms with Gasteiger partial charge < -0.3 is 10.2 Å². The summed E-state index contributed by atoms with van der Waals surface area (Å²) in [5, 5.41) is 3.28. The van der Waals surface area contributed by atoms with Crippen LogP contribution < -0.4 is 5.32 Å². The van der Waals surface area contributed by atoms with E-state index in [9.17, 15) is 13.2 Å². The van der Waals surface area contributed by atoms with E-state index in [1.807, 2.05) is 42.2 Å². The number of rotatable bonds is 4. The number of piperazine rings is 1. The van der Waals surface area contributed by atoms with Crippen LogP contribution in [0.3, 0.4) is 0 Å². The van der Waals surface area contributed by atoms with Crippen molar-refractivity contribution in [2.75, 3.05) is 32.7 Å². The maximum absolute atomic E-state index is 12.9. The lowest BCUT2D eigenvalue weighted by atomic mass is 9.97. The number of hydrogen-bond donors (Lipinski definition) is 1. The van der Waals surface area contributed by atoms with Crippen molar-refractivity contribution in [2.45, 2.75) is 31.6 Å². The lowest BCUT2D eigenvalue weighted by Gasteiger charge is -2.39. The van der Waals surface area contributed by atoms with E-state index < -0.39 is 10.0 Å². The lowest BCUT2D eigenvalue weighted by molar-refractivity contribution is -0.139. The van der Waals surface area contributed by atoms with E-state index in [1.165, 1.54) is 4.31 Å². The summed E-state index contributed by atoms with van der Waals surface area (Å²) in [4.78, 5) is 14.8. The van der Waals surface area contributed by atoms with Gasteiger partial charge in [0.1, 0.15) is 0 Å². The van der Waals surface area contributed by atoms with Crippen LogP contribution in [-0.4, -0.2) is 62.3 Å². The van der Waals surface area contributed by atoms with Gasteiger partial charge in [0.25, 0.3) is 0 Å². The van der Waals surface area contributed by atoms with Gasteiger partial charge in [-0.05, 0) is 25.3 Å². The largest absolute Gasteiger partial charge is 0.337 e. The van der Waals surface area contributed by atoms with E-state index in [2.05, 4.69) is 5.32 Å². The molecule has 7 heteroatoms. The van der Waals surface area contributed by atoms with Gasteiger partial charge in [0.15, 0.2) is 0 Å². The molecule has 3 rings (SSSR count). The predicted octanol–water partition coefficient (Wildman–Crippen LogP) is 1.05. The summed E-state index contributed by atoms with van der Waals surface area (Å²) < 4.78 is 27.0. The van der Waals surface area contributed by atoms with Gasteiger partial charge >= 0.3 is 0 Å². The molecular formula is C18H27N3O3S. The van der Waals surface area contributed by atoms with Crippen molar-refractivity contribution in [3.05, 3.63) is 35.9 Å². The molecule has 25 heavy (non-hydrogen) atoms. The molecule has 2 fully saturated rings. The van der Waals surface area contributed by atoms with Crippen molar-refractivity contribution in [1.29, 1.82) is 0 Å². The quantitative estimate of drug-likeness (QED) is 0.866. The number of sulfonamides is 1. The summed E-state index contributed by atoms with van der Waals surface area (Å²) in [7, 11) is -3.40. The van der Waals surface area contributed by atoms with Gasteiger partial charge in [-0.15, -0.1) is 0 Å². The van der Waals surface area contributed by atoms with E-state index >= 15 is 0 Å². The molecule has 0 aromatic heterocycles. The van der Waals surface area contributed by atoms with Crippen LogP contribution in [0.2, 0.25) is 0 Å². The molecule has 0 aliphatic carbocycles. The van der Waals surface area contributed by atoms with Crippen molar-refractivity contribution < 1.29 is 13.2 Å². The third kappa shape index (κ3) is 4.40. The highest BCUT2D eigenvalue weighted by atomic mass is 32.2. The van der Waals surface area contributed by atoms with Gasteiger partial charge in [-0.25, -0.2) is 12.7 Å². The first-order chi connectivity index (χ1) is 12.0. The minimum Gasteiger partial charge on any atom is -0.337 e. The summed E-state index contributed by atoms with van der Waals surface area (Å²) in [5.41, 5.74) is 0.784. The zero-order chi connectivity index (χ0) is 17.9. The van der Waals surface area contributed by atoms with Crippen LogP contribution in [0.1, 0.15) is 25.3 Å². The maximum Gasteiger partial charge on any atom is 0.227 e. The van der Waals surface area contributed by atoms with Crippen molar-refractivity contribution in [3.63, 3.8) is 0 Å². The Balaban J connectivity index is 1.67.